The number of carbonyl (C=O) groups excluding carboxylic acids is 1. The molecule has 0 aliphatic carbocycles. The zero-order valence-corrected chi connectivity index (χ0v) is 23.0. The van der Waals surface area contributed by atoms with Gasteiger partial charge in [0.15, 0.2) is 0 Å². The molecule has 39 heavy (non-hydrogen) atoms. The Hall–Kier alpha value is -4.26. The number of ether oxygens (including phenoxy) is 1. The highest BCUT2D eigenvalue weighted by Crippen LogP contribution is 2.33. The first kappa shape index (κ1) is 26.4. The van der Waals surface area contributed by atoms with E-state index in [1.807, 2.05) is 65.4 Å². The Bertz CT molecular complexity index is 1660. The van der Waals surface area contributed by atoms with Crippen molar-refractivity contribution in [2.24, 2.45) is 0 Å². The molecule has 0 saturated carbocycles. The van der Waals surface area contributed by atoms with Gasteiger partial charge in [0.05, 0.1) is 30.1 Å². The minimum Gasteiger partial charge on any atom is -0.466 e. The lowest BCUT2D eigenvalue weighted by Gasteiger charge is -2.18. The summed E-state index contributed by atoms with van der Waals surface area (Å²) in [6.45, 7) is 8.35. The summed E-state index contributed by atoms with van der Waals surface area (Å²) < 4.78 is 8.95. The fourth-order valence-electron chi connectivity index (χ4n) is 5.67. The van der Waals surface area contributed by atoms with Crippen LogP contribution in [0.3, 0.4) is 0 Å². The number of para-hydroxylation sites is 1. The molecule has 3 aromatic carbocycles. The average Bonchev–Trinajstić information content (AvgIpc) is 3.48. The van der Waals surface area contributed by atoms with Gasteiger partial charge in [-0.3, -0.25) is 13.9 Å². The number of fused-ring (bicyclic) bond motifs is 2. The molecule has 0 spiro atoms. The predicted octanol–water partition coefficient (Wildman–Crippen LogP) is 7.24. The van der Waals surface area contributed by atoms with Crippen LogP contribution in [0.1, 0.15) is 63.2 Å². The number of benzene rings is 3. The molecule has 0 bridgehead atoms. The number of nitrogens with one attached hydrogen (secondary N) is 2. The number of aromatic amines is 1. The van der Waals surface area contributed by atoms with Crippen LogP contribution in [0.25, 0.3) is 21.9 Å². The molecule has 0 aliphatic rings. The summed E-state index contributed by atoms with van der Waals surface area (Å²) in [4.78, 5) is 30.3. The number of aryl methyl sites for hydroxylation is 1. The summed E-state index contributed by atoms with van der Waals surface area (Å²) in [7, 11) is 0. The van der Waals surface area contributed by atoms with Crippen molar-refractivity contribution >= 4 is 39.3 Å². The molecule has 7 nitrogen and oxygen atoms in total. The molecular formula is C32H36N4O3. The maximum absolute atomic E-state index is 14.3. The van der Waals surface area contributed by atoms with E-state index >= 15 is 0 Å². The molecule has 0 fully saturated rings. The van der Waals surface area contributed by atoms with Crippen molar-refractivity contribution in [2.75, 3.05) is 11.9 Å². The highest BCUT2D eigenvalue weighted by atomic mass is 16.5. The van der Waals surface area contributed by atoms with Gasteiger partial charge in [-0.25, -0.2) is 4.79 Å². The van der Waals surface area contributed by atoms with Crippen molar-refractivity contribution in [3.63, 3.8) is 0 Å². The highest BCUT2D eigenvalue weighted by Gasteiger charge is 2.27. The molecule has 0 amide bonds. The zero-order valence-electron chi connectivity index (χ0n) is 23.0. The number of imidazole rings is 1. The Labute approximate surface area is 228 Å². The number of H-pyrrole nitrogens is 1. The monoisotopic (exact) mass is 524 g/mol. The van der Waals surface area contributed by atoms with E-state index < -0.39 is 0 Å². The lowest BCUT2D eigenvalue weighted by atomic mass is 10.0. The molecule has 0 radical (unpaired) electrons. The fraction of sp³-hybridized carbons (Fsp3) is 0.312. The molecule has 0 aliphatic heterocycles. The molecule has 2 unspecified atom stereocenters. The first-order valence-electron chi connectivity index (χ1n) is 13.7. The van der Waals surface area contributed by atoms with Crippen molar-refractivity contribution < 1.29 is 9.53 Å². The van der Waals surface area contributed by atoms with Crippen molar-refractivity contribution in [1.82, 2.24) is 14.1 Å². The van der Waals surface area contributed by atoms with Crippen molar-refractivity contribution in [3.8, 4) is 0 Å². The topological polar surface area (TPSA) is 81.0 Å². The molecule has 5 aromatic rings. The van der Waals surface area contributed by atoms with Gasteiger partial charge in [0, 0.05) is 40.1 Å². The summed E-state index contributed by atoms with van der Waals surface area (Å²) in [5.74, 6) is -0.286. The molecular weight excluding hydrogens is 488 g/mol. The minimum absolute atomic E-state index is 0.125. The van der Waals surface area contributed by atoms with Crippen LogP contribution >= 0.6 is 0 Å². The number of hydrogen-bond donors (Lipinski definition) is 2. The maximum Gasteiger partial charge on any atom is 0.329 e. The first-order chi connectivity index (χ1) is 18.9. The minimum atomic E-state index is -0.296. The average molecular weight is 525 g/mol. The SMILES string of the molecule is CCCC(CC(=O)OCC)n1c(=O)n(C(C)c2c[nH]c3cccc(C)c23)c2cc(Nc3ccccc3)ccc21. The van der Waals surface area contributed by atoms with Gasteiger partial charge in [-0.1, -0.05) is 43.7 Å². The predicted molar refractivity (Wildman–Crippen MR) is 158 cm³/mol. The molecule has 2 atom stereocenters. The Morgan fingerprint density at radius 1 is 0.974 bits per heavy atom. The van der Waals surface area contributed by atoms with Gasteiger partial charge in [-0.15, -0.1) is 0 Å². The highest BCUT2D eigenvalue weighted by molar-refractivity contribution is 5.88. The van der Waals surface area contributed by atoms with Crippen LogP contribution in [-0.4, -0.2) is 26.7 Å². The lowest BCUT2D eigenvalue weighted by molar-refractivity contribution is -0.144. The number of hydrogen-bond acceptors (Lipinski definition) is 4. The quantitative estimate of drug-likeness (QED) is 0.189. The number of nitrogens with zero attached hydrogens (tertiary/aromatic N) is 2. The van der Waals surface area contributed by atoms with E-state index in [2.05, 4.69) is 43.2 Å². The maximum atomic E-state index is 14.3. The van der Waals surface area contributed by atoms with E-state index in [1.54, 1.807) is 11.5 Å². The molecule has 2 N–H and O–H groups in total. The first-order valence-corrected chi connectivity index (χ1v) is 13.7. The second-order valence-corrected chi connectivity index (χ2v) is 10.1. The summed E-state index contributed by atoms with van der Waals surface area (Å²) >= 11 is 0. The zero-order chi connectivity index (χ0) is 27.5. The van der Waals surface area contributed by atoms with Crippen LogP contribution in [0.5, 0.6) is 0 Å². The van der Waals surface area contributed by atoms with Gasteiger partial charge < -0.3 is 15.0 Å². The third-order valence-corrected chi connectivity index (χ3v) is 7.45. The largest absolute Gasteiger partial charge is 0.466 e. The standard InChI is InChI=1S/C32H36N4O3/c1-5-11-25(19-30(37)39-6-2)36-28-17-16-24(34-23-13-8-7-9-14-23)18-29(28)35(32(36)38)22(4)26-20-33-27-15-10-12-21(3)31(26)27/h7-10,12-18,20,22,25,33-34H,5-6,11,19H2,1-4H3. The molecule has 202 valence electrons. The van der Waals surface area contributed by atoms with Crippen molar-refractivity contribution in [2.45, 2.75) is 59.0 Å². The second kappa shape index (κ2) is 11.2. The molecule has 7 heteroatoms. The van der Waals surface area contributed by atoms with Gasteiger partial charge in [0.25, 0.3) is 0 Å². The van der Waals surface area contributed by atoms with E-state index in [1.165, 1.54) is 0 Å². The van der Waals surface area contributed by atoms with Crippen LogP contribution in [0, 0.1) is 6.92 Å². The summed E-state index contributed by atoms with van der Waals surface area (Å²) in [5, 5.41) is 4.60. The van der Waals surface area contributed by atoms with Gasteiger partial charge >= 0.3 is 11.7 Å². The fourth-order valence-corrected chi connectivity index (χ4v) is 5.67. The van der Waals surface area contributed by atoms with Crippen molar-refractivity contribution in [3.05, 3.63) is 94.5 Å². The van der Waals surface area contributed by atoms with Crippen LogP contribution in [0.2, 0.25) is 0 Å². The van der Waals surface area contributed by atoms with Crippen LogP contribution in [-0.2, 0) is 9.53 Å². The number of anilines is 2. The summed E-state index contributed by atoms with van der Waals surface area (Å²) in [6.07, 6.45) is 3.70. The molecule has 2 heterocycles. The number of aromatic nitrogens is 3. The number of carbonyl (C=O) groups is 1. The van der Waals surface area contributed by atoms with E-state index in [0.29, 0.717) is 13.0 Å². The van der Waals surface area contributed by atoms with E-state index in [0.717, 1.165) is 50.9 Å². The smallest absolute Gasteiger partial charge is 0.329 e. The number of rotatable bonds is 10. The van der Waals surface area contributed by atoms with Crippen LogP contribution in [0.15, 0.2) is 77.7 Å². The Kier molecular flexibility index (Phi) is 7.59. The van der Waals surface area contributed by atoms with Gasteiger partial charge in [0.2, 0.25) is 0 Å². The Morgan fingerprint density at radius 2 is 1.77 bits per heavy atom. The van der Waals surface area contributed by atoms with Crippen LogP contribution in [0.4, 0.5) is 11.4 Å². The van der Waals surface area contributed by atoms with Crippen LogP contribution < -0.4 is 11.0 Å². The summed E-state index contributed by atoms with van der Waals surface area (Å²) in [5.41, 5.74) is 6.63. The lowest BCUT2D eigenvalue weighted by Crippen LogP contribution is -2.30. The van der Waals surface area contributed by atoms with Gasteiger partial charge in [-0.05, 0) is 69.2 Å². The van der Waals surface area contributed by atoms with E-state index in [9.17, 15) is 9.59 Å². The molecule has 0 saturated heterocycles. The Balaban J connectivity index is 1.70. The van der Waals surface area contributed by atoms with E-state index in [-0.39, 0.29) is 30.2 Å². The molecule has 2 aromatic heterocycles. The van der Waals surface area contributed by atoms with Gasteiger partial charge in [0.1, 0.15) is 0 Å². The molecule has 5 rings (SSSR count). The van der Waals surface area contributed by atoms with Gasteiger partial charge in [-0.2, -0.15) is 0 Å². The third kappa shape index (κ3) is 5.09. The third-order valence-electron chi connectivity index (χ3n) is 7.45. The number of esters is 1. The normalized spacial score (nSPS) is 13.0. The Morgan fingerprint density at radius 3 is 2.51 bits per heavy atom. The second-order valence-electron chi connectivity index (χ2n) is 10.1. The summed E-state index contributed by atoms with van der Waals surface area (Å²) in [6, 6.07) is 21.6. The van der Waals surface area contributed by atoms with Crippen molar-refractivity contribution in [1.29, 1.82) is 0 Å². The van der Waals surface area contributed by atoms with E-state index in [4.69, 9.17) is 4.74 Å².